The van der Waals surface area contributed by atoms with Crippen LogP contribution in [0.15, 0.2) is 18.2 Å². The van der Waals surface area contributed by atoms with E-state index in [4.69, 9.17) is 4.74 Å². The summed E-state index contributed by atoms with van der Waals surface area (Å²) in [5, 5.41) is 0. The van der Waals surface area contributed by atoms with E-state index in [0.717, 1.165) is 12.4 Å². The van der Waals surface area contributed by atoms with Gasteiger partial charge in [-0.05, 0) is 28.7 Å². The molecule has 0 saturated heterocycles. The van der Waals surface area contributed by atoms with Gasteiger partial charge in [0.15, 0.2) is 0 Å². The smallest absolute Gasteiger partial charge is 0.120 e. The van der Waals surface area contributed by atoms with Gasteiger partial charge in [0.05, 0.1) is 0 Å². The molecule has 1 nitrogen and oxygen atoms in total. The van der Waals surface area contributed by atoms with Crippen molar-refractivity contribution < 1.29 is 4.74 Å². The third-order valence-electron chi connectivity index (χ3n) is 2.28. The second kappa shape index (κ2) is 2.25. The minimum atomic E-state index is 0.245. The van der Waals surface area contributed by atoms with Gasteiger partial charge in [0.2, 0.25) is 0 Å². The molecule has 2 aliphatic rings. The molecular formula is C11H14O. The largest absolute Gasteiger partial charge is 0.489 e. The molecule has 0 aliphatic carbocycles. The van der Waals surface area contributed by atoms with E-state index in [9.17, 15) is 0 Å². The molecule has 0 aromatic heterocycles. The zero-order chi connectivity index (χ0) is 8.77. The van der Waals surface area contributed by atoms with Crippen molar-refractivity contribution in [2.45, 2.75) is 32.8 Å². The predicted molar refractivity (Wildman–Crippen MR) is 49.5 cm³/mol. The SMILES string of the molecule is CC(C)(C)c1cc2ccc1CO2. The van der Waals surface area contributed by atoms with Crippen LogP contribution >= 0.6 is 0 Å². The zero-order valence-corrected chi connectivity index (χ0v) is 7.85. The van der Waals surface area contributed by atoms with E-state index in [2.05, 4.69) is 32.9 Å². The highest BCUT2D eigenvalue weighted by molar-refractivity contribution is 5.42. The standard InChI is InChI=1S/C11H14O/c1-11(2,3)10-6-9-5-4-8(10)7-12-9/h4-6H,7H2,1-3H3. The third-order valence-corrected chi connectivity index (χ3v) is 2.28. The Labute approximate surface area is 73.4 Å². The molecule has 2 bridgehead atoms. The Morgan fingerprint density at radius 2 is 2.00 bits per heavy atom. The molecule has 0 unspecified atom stereocenters. The van der Waals surface area contributed by atoms with Crippen LogP contribution in [0.1, 0.15) is 31.9 Å². The molecule has 0 saturated carbocycles. The molecule has 0 N–H and O–H groups in total. The molecule has 1 heteroatoms. The van der Waals surface area contributed by atoms with Crippen molar-refractivity contribution in [3.8, 4) is 5.75 Å². The van der Waals surface area contributed by atoms with E-state index in [0.29, 0.717) is 0 Å². The maximum Gasteiger partial charge on any atom is 0.120 e. The topological polar surface area (TPSA) is 9.23 Å². The van der Waals surface area contributed by atoms with E-state index in [1.807, 2.05) is 6.07 Å². The molecular weight excluding hydrogens is 148 g/mol. The minimum Gasteiger partial charge on any atom is -0.489 e. The van der Waals surface area contributed by atoms with Crippen molar-refractivity contribution in [3.63, 3.8) is 0 Å². The van der Waals surface area contributed by atoms with Crippen LogP contribution in [0.5, 0.6) is 5.75 Å². The van der Waals surface area contributed by atoms with Crippen LogP contribution < -0.4 is 4.74 Å². The average Bonchev–Trinajstić information content (AvgIpc) is 2.05. The normalized spacial score (nSPS) is 14.6. The number of benzene rings is 1. The van der Waals surface area contributed by atoms with E-state index in [-0.39, 0.29) is 5.41 Å². The molecule has 0 amide bonds. The molecule has 2 aliphatic heterocycles. The summed E-state index contributed by atoms with van der Waals surface area (Å²) in [4.78, 5) is 0. The van der Waals surface area contributed by atoms with Crippen LogP contribution in [0, 0.1) is 0 Å². The summed E-state index contributed by atoms with van der Waals surface area (Å²) < 4.78 is 5.42. The highest BCUT2D eigenvalue weighted by Gasteiger charge is 2.21. The van der Waals surface area contributed by atoms with E-state index in [1.54, 1.807) is 0 Å². The Morgan fingerprint density at radius 3 is 2.25 bits per heavy atom. The second-order valence-electron chi connectivity index (χ2n) is 4.36. The fourth-order valence-electron chi connectivity index (χ4n) is 1.63. The van der Waals surface area contributed by atoms with Gasteiger partial charge in [0, 0.05) is 0 Å². The van der Waals surface area contributed by atoms with E-state index >= 15 is 0 Å². The van der Waals surface area contributed by atoms with Gasteiger partial charge in [0.1, 0.15) is 12.4 Å². The minimum absolute atomic E-state index is 0.245. The van der Waals surface area contributed by atoms with Gasteiger partial charge >= 0.3 is 0 Å². The maximum atomic E-state index is 5.42. The lowest BCUT2D eigenvalue weighted by molar-refractivity contribution is 0.288. The van der Waals surface area contributed by atoms with Crippen LogP contribution in [-0.4, -0.2) is 0 Å². The van der Waals surface area contributed by atoms with Gasteiger partial charge < -0.3 is 4.74 Å². The molecule has 0 fully saturated rings. The zero-order valence-electron chi connectivity index (χ0n) is 7.85. The van der Waals surface area contributed by atoms with E-state index < -0.39 is 0 Å². The molecule has 1 aromatic rings. The molecule has 0 atom stereocenters. The highest BCUT2D eigenvalue weighted by Crippen LogP contribution is 2.33. The Balaban J connectivity index is 2.55. The molecule has 1 aromatic carbocycles. The van der Waals surface area contributed by atoms with Crippen molar-refractivity contribution >= 4 is 0 Å². The molecule has 2 heterocycles. The summed E-state index contributed by atoms with van der Waals surface area (Å²) in [6.07, 6.45) is 0. The van der Waals surface area contributed by atoms with Crippen molar-refractivity contribution in [2.24, 2.45) is 0 Å². The monoisotopic (exact) mass is 162 g/mol. The summed E-state index contributed by atoms with van der Waals surface area (Å²) in [6, 6.07) is 6.35. The van der Waals surface area contributed by atoms with Gasteiger partial charge in [-0.3, -0.25) is 0 Å². The Morgan fingerprint density at radius 1 is 1.25 bits per heavy atom. The van der Waals surface area contributed by atoms with Gasteiger partial charge in [0.25, 0.3) is 0 Å². The predicted octanol–water partition coefficient (Wildman–Crippen LogP) is 2.88. The quantitative estimate of drug-likeness (QED) is 0.570. The van der Waals surface area contributed by atoms with Gasteiger partial charge in [-0.2, -0.15) is 0 Å². The van der Waals surface area contributed by atoms with Crippen molar-refractivity contribution in [1.82, 2.24) is 0 Å². The summed E-state index contributed by atoms with van der Waals surface area (Å²) in [5.74, 6) is 1.01. The number of ether oxygens (including phenoxy) is 1. The fraction of sp³-hybridized carbons (Fsp3) is 0.455. The van der Waals surface area contributed by atoms with Gasteiger partial charge in [-0.1, -0.05) is 26.8 Å². The Bertz CT molecular complexity index is 307. The van der Waals surface area contributed by atoms with Gasteiger partial charge in [-0.15, -0.1) is 0 Å². The molecule has 12 heavy (non-hydrogen) atoms. The maximum absolute atomic E-state index is 5.42. The number of hydrogen-bond acceptors (Lipinski definition) is 1. The van der Waals surface area contributed by atoms with Gasteiger partial charge in [-0.25, -0.2) is 0 Å². The first-order valence-electron chi connectivity index (χ1n) is 4.33. The first-order valence-corrected chi connectivity index (χ1v) is 4.33. The summed E-state index contributed by atoms with van der Waals surface area (Å²) in [7, 11) is 0. The molecule has 3 rings (SSSR count). The van der Waals surface area contributed by atoms with Crippen LogP contribution in [0.25, 0.3) is 0 Å². The first-order chi connectivity index (χ1) is 5.57. The van der Waals surface area contributed by atoms with E-state index in [1.165, 1.54) is 11.1 Å². The van der Waals surface area contributed by atoms with Crippen LogP contribution in [0.3, 0.4) is 0 Å². The molecule has 0 spiro atoms. The lowest BCUT2D eigenvalue weighted by Crippen LogP contribution is -2.18. The highest BCUT2D eigenvalue weighted by atomic mass is 16.5. The number of fused-ring (bicyclic) bond motifs is 3. The van der Waals surface area contributed by atoms with Crippen LogP contribution in [0.4, 0.5) is 0 Å². The fourth-order valence-corrected chi connectivity index (χ4v) is 1.63. The summed E-state index contributed by atoms with van der Waals surface area (Å²) in [5.41, 5.74) is 3.00. The first kappa shape index (κ1) is 7.66. The van der Waals surface area contributed by atoms with Crippen molar-refractivity contribution in [2.75, 3.05) is 0 Å². The van der Waals surface area contributed by atoms with Crippen molar-refractivity contribution in [1.29, 1.82) is 0 Å². The summed E-state index contributed by atoms with van der Waals surface area (Å²) >= 11 is 0. The Hall–Kier alpha value is -0.980. The number of rotatable bonds is 0. The number of hydrogen-bond donors (Lipinski definition) is 0. The van der Waals surface area contributed by atoms with Crippen LogP contribution in [0.2, 0.25) is 0 Å². The lowest BCUT2D eigenvalue weighted by atomic mass is 9.83. The lowest BCUT2D eigenvalue weighted by Gasteiger charge is -2.27. The Kier molecular flexibility index (Phi) is 1.44. The molecule has 0 radical (unpaired) electrons. The summed E-state index contributed by atoms with van der Waals surface area (Å²) in [6.45, 7) is 7.47. The van der Waals surface area contributed by atoms with Crippen molar-refractivity contribution in [3.05, 3.63) is 29.3 Å². The second-order valence-corrected chi connectivity index (χ2v) is 4.36. The third kappa shape index (κ3) is 1.09. The van der Waals surface area contributed by atoms with Crippen LogP contribution in [-0.2, 0) is 12.0 Å². The average molecular weight is 162 g/mol. The molecule has 64 valence electrons.